The first-order chi connectivity index (χ1) is 14.7. The quantitative estimate of drug-likeness (QED) is 0.341. The van der Waals surface area contributed by atoms with E-state index in [1.54, 1.807) is 14.2 Å². The minimum absolute atomic E-state index is 0.200. The molecule has 4 N–H and O–H groups in total. The number of rotatable bonds is 7. The minimum Gasteiger partial charge on any atom is -0.497 e. The number of benzene rings is 3. The Bertz CT molecular complexity index is 917. The van der Waals surface area contributed by atoms with Crippen LogP contribution in [0.1, 0.15) is 36.5 Å². The number of ether oxygens (including phenoxy) is 2. The molecule has 3 aromatic carbocycles. The third kappa shape index (κ3) is 6.89. The molecule has 0 aliphatic carbocycles. The van der Waals surface area contributed by atoms with Crippen molar-refractivity contribution in [1.29, 1.82) is 0 Å². The molecule has 0 saturated carbocycles. The highest BCUT2D eigenvalue weighted by molar-refractivity contribution is 8.07. The van der Waals surface area contributed by atoms with Gasteiger partial charge in [0.1, 0.15) is 11.5 Å². The van der Waals surface area contributed by atoms with Crippen LogP contribution in [0.25, 0.3) is 0 Å². The second-order valence-corrected chi connectivity index (χ2v) is 9.86. The van der Waals surface area contributed by atoms with Crippen molar-refractivity contribution >= 4 is 18.4 Å². The standard InChI is InChI=1S/C24H26O2.H4NO2PS/c1-4-18-24(19-8-6-5-7-9-19,20-10-14-22(25-2)15-11-20)21-12-16-23(26-3)17-13-21;1-4(2,3)5/h5-17H,4,18H2,1-3H3;(H4,1,2,3,5). The van der Waals surface area contributed by atoms with Crippen molar-refractivity contribution in [3.05, 3.63) is 95.6 Å². The first-order valence-corrected chi connectivity index (χ1v) is 12.7. The fraction of sp³-hybridized carbons (Fsp3) is 0.250. The number of methoxy groups -OCH3 is 2. The highest BCUT2D eigenvalue weighted by atomic mass is 32.5. The number of hydrogen-bond acceptors (Lipinski definition) is 3. The summed E-state index contributed by atoms with van der Waals surface area (Å²) in [5, 5.41) is 0. The Hall–Kier alpha value is -2.21. The van der Waals surface area contributed by atoms with Gasteiger partial charge in [0.15, 0.2) is 0 Å². The Kier molecular flexibility index (Phi) is 9.23. The number of nitrogens with two attached hydrogens (primary N) is 1. The minimum atomic E-state index is -3.31. The van der Waals surface area contributed by atoms with Crippen molar-refractivity contribution in [2.24, 2.45) is 5.50 Å². The molecule has 31 heavy (non-hydrogen) atoms. The maximum Gasteiger partial charge on any atom is 0.253 e. The number of hydrogen-bond donors (Lipinski definition) is 3. The SMILES string of the molecule is CCCC(c1ccccc1)(c1ccc(OC)cc1)c1ccc(OC)cc1.NP(O)(O)=S. The Morgan fingerprint density at radius 1 is 0.774 bits per heavy atom. The van der Waals surface area contributed by atoms with E-state index in [0.717, 1.165) is 24.3 Å². The molecule has 0 bridgehead atoms. The van der Waals surface area contributed by atoms with Gasteiger partial charge < -0.3 is 19.3 Å². The third-order valence-electron chi connectivity index (χ3n) is 5.06. The summed E-state index contributed by atoms with van der Waals surface area (Å²) in [6.45, 7) is -1.06. The van der Waals surface area contributed by atoms with E-state index in [9.17, 15) is 0 Å². The van der Waals surface area contributed by atoms with E-state index in [-0.39, 0.29) is 5.41 Å². The van der Waals surface area contributed by atoms with Gasteiger partial charge in [-0.05, 0) is 59.2 Å². The molecule has 0 aromatic heterocycles. The van der Waals surface area contributed by atoms with Crippen molar-refractivity contribution < 1.29 is 19.3 Å². The van der Waals surface area contributed by atoms with E-state index in [2.05, 4.69) is 78.8 Å². The van der Waals surface area contributed by atoms with Gasteiger partial charge in [0.05, 0.1) is 14.2 Å². The summed E-state index contributed by atoms with van der Waals surface area (Å²) < 4.78 is 10.7. The summed E-state index contributed by atoms with van der Waals surface area (Å²) in [6.07, 6.45) is 2.10. The second kappa shape index (κ2) is 11.4. The molecule has 166 valence electrons. The molecule has 0 heterocycles. The lowest BCUT2D eigenvalue weighted by molar-refractivity contribution is 0.413. The lowest BCUT2D eigenvalue weighted by Crippen LogP contribution is -2.29. The average molecular weight is 460 g/mol. The maximum atomic E-state index is 7.78. The molecule has 3 rings (SSSR count). The molecule has 0 saturated heterocycles. The van der Waals surface area contributed by atoms with Crippen LogP contribution in [0.4, 0.5) is 0 Å². The van der Waals surface area contributed by atoms with Gasteiger partial charge >= 0.3 is 0 Å². The zero-order chi connectivity index (χ0) is 22.9. The van der Waals surface area contributed by atoms with E-state index in [1.807, 2.05) is 24.3 Å². The van der Waals surface area contributed by atoms with Crippen LogP contribution in [-0.4, -0.2) is 24.0 Å². The highest BCUT2D eigenvalue weighted by Crippen LogP contribution is 2.43. The summed E-state index contributed by atoms with van der Waals surface area (Å²) in [6, 6.07) is 27.7. The summed E-state index contributed by atoms with van der Waals surface area (Å²) >= 11 is 3.83. The van der Waals surface area contributed by atoms with Crippen molar-refractivity contribution in [1.82, 2.24) is 0 Å². The molecule has 0 fully saturated rings. The van der Waals surface area contributed by atoms with Crippen LogP contribution in [0.15, 0.2) is 78.9 Å². The lowest BCUT2D eigenvalue weighted by atomic mass is 9.67. The predicted octanol–water partition coefficient (Wildman–Crippen LogP) is 4.99. The van der Waals surface area contributed by atoms with Gasteiger partial charge in [-0.25, -0.2) is 0 Å². The monoisotopic (exact) mass is 459 g/mol. The molecule has 0 atom stereocenters. The first-order valence-electron chi connectivity index (χ1n) is 9.93. The van der Waals surface area contributed by atoms with Crippen LogP contribution in [0, 0.1) is 0 Å². The molecule has 0 amide bonds. The topological polar surface area (TPSA) is 84.9 Å². The van der Waals surface area contributed by atoms with Gasteiger partial charge in [0.25, 0.3) is 6.64 Å². The van der Waals surface area contributed by atoms with Crippen LogP contribution < -0.4 is 15.0 Å². The molecule has 3 aromatic rings. The summed E-state index contributed by atoms with van der Waals surface area (Å²) in [7, 11) is 3.41. The van der Waals surface area contributed by atoms with E-state index in [1.165, 1.54) is 16.7 Å². The zero-order valence-electron chi connectivity index (χ0n) is 18.1. The van der Waals surface area contributed by atoms with Gasteiger partial charge in [0, 0.05) is 5.41 Å². The molecular weight excluding hydrogens is 429 g/mol. The van der Waals surface area contributed by atoms with Crippen LogP contribution in [-0.2, 0) is 17.2 Å². The molecule has 5 nitrogen and oxygen atoms in total. The van der Waals surface area contributed by atoms with Crippen LogP contribution >= 0.6 is 6.64 Å². The van der Waals surface area contributed by atoms with Gasteiger partial charge in [-0.1, -0.05) is 67.9 Å². The molecular formula is C24H30NO4PS. The van der Waals surface area contributed by atoms with E-state index < -0.39 is 6.64 Å². The van der Waals surface area contributed by atoms with Crippen LogP contribution in [0.2, 0.25) is 0 Å². The molecule has 0 aliphatic heterocycles. The van der Waals surface area contributed by atoms with Crippen LogP contribution in [0.5, 0.6) is 11.5 Å². The highest BCUT2D eigenvalue weighted by Gasteiger charge is 2.35. The van der Waals surface area contributed by atoms with Gasteiger partial charge in [0.2, 0.25) is 0 Å². The van der Waals surface area contributed by atoms with Crippen molar-refractivity contribution in [2.45, 2.75) is 25.2 Å². The lowest BCUT2D eigenvalue weighted by Gasteiger charge is -2.36. The molecule has 0 spiro atoms. The average Bonchev–Trinajstić information content (AvgIpc) is 2.77. The first kappa shape index (κ1) is 25.1. The Morgan fingerprint density at radius 2 is 1.13 bits per heavy atom. The maximum absolute atomic E-state index is 7.78. The molecule has 0 aliphatic rings. The van der Waals surface area contributed by atoms with E-state index in [0.29, 0.717) is 0 Å². The largest absolute Gasteiger partial charge is 0.497 e. The summed E-state index contributed by atoms with van der Waals surface area (Å²) in [5.74, 6) is 1.75. The van der Waals surface area contributed by atoms with E-state index in [4.69, 9.17) is 19.3 Å². The van der Waals surface area contributed by atoms with Gasteiger partial charge in [-0.3, -0.25) is 5.50 Å². The van der Waals surface area contributed by atoms with E-state index >= 15 is 0 Å². The fourth-order valence-corrected chi connectivity index (χ4v) is 3.78. The Morgan fingerprint density at radius 3 is 1.45 bits per heavy atom. The molecule has 0 unspecified atom stereocenters. The summed E-state index contributed by atoms with van der Waals surface area (Å²) in [5.41, 5.74) is 8.04. The molecule has 7 heteroatoms. The predicted molar refractivity (Wildman–Crippen MR) is 130 cm³/mol. The Balaban J connectivity index is 0.000000614. The summed E-state index contributed by atoms with van der Waals surface area (Å²) in [4.78, 5) is 15.6. The zero-order valence-corrected chi connectivity index (χ0v) is 19.8. The van der Waals surface area contributed by atoms with Crippen molar-refractivity contribution in [2.75, 3.05) is 14.2 Å². The Labute approximate surface area is 189 Å². The van der Waals surface area contributed by atoms with Gasteiger partial charge in [-0.15, -0.1) is 0 Å². The third-order valence-corrected chi connectivity index (χ3v) is 5.06. The normalized spacial score (nSPS) is 11.3. The second-order valence-electron chi connectivity index (χ2n) is 7.07. The smallest absolute Gasteiger partial charge is 0.253 e. The van der Waals surface area contributed by atoms with Crippen molar-refractivity contribution in [3.63, 3.8) is 0 Å². The van der Waals surface area contributed by atoms with Gasteiger partial charge in [-0.2, -0.15) is 0 Å². The van der Waals surface area contributed by atoms with Crippen molar-refractivity contribution in [3.8, 4) is 11.5 Å². The molecule has 0 radical (unpaired) electrons. The fourth-order valence-electron chi connectivity index (χ4n) is 3.78. The van der Waals surface area contributed by atoms with Crippen LogP contribution in [0.3, 0.4) is 0 Å².